The monoisotopic (exact) mass is 210 g/mol. The van der Waals surface area contributed by atoms with Crippen LogP contribution >= 0.6 is 0 Å². The van der Waals surface area contributed by atoms with Gasteiger partial charge in [0.15, 0.2) is 0 Å². The summed E-state index contributed by atoms with van der Waals surface area (Å²) in [5.41, 5.74) is 5.54. The Hall–Kier alpha value is -0.570. The molecule has 1 saturated carbocycles. The number of hydrogen-bond donors (Lipinski definition) is 1. The molecule has 1 atom stereocenters. The summed E-state index contributed by atoms with van der Waals surface area (Å²) in [6.45, 7) is 2.69. The number of amides is 1. The van der Waals surface area contributed by atoms with Crippen LogP contribution in [-0.2, 0) is 4.79 Å². The molecule has 1 unspecified atom stereocenters. The first-order chi connectivity index (χ1) is 7.29. The molecule has 0 aromatic carbocycles. The van der Waals surface area contributed by atoms with Crippen molar-refractivity contribution in [1.82, 2.24) is 4.90 Å². The zero-order valence-electron chi connectivity index (χ0n) is 9.45. The highest BCUT2D eigenvalue weighted by atomic mass is 16.2. The van der Waals surface area contributed by atoms with Crippen molar-refractivity contribution in [2.75, 3.05) is 19.6 Å². The van der Waals surface area contributed by atoms with Gasteiger partial charge in [-0.1, -0.05) is 6.42 Å². The van der Waals surface area contributed by atoms with Crippen LogP contribution in [0.3, 0.4) is 0 Å². The lowest BCUT2D eigenvalue weighted by atomic mass is 9.83. The molecule has 1 saturated heterocycles. The van der Waals surface area contributed by atoms with Crippen LogP contribution in [0.2, 0.25) is 0 Å². The molecule has 0 bridgehead atoms. The van der Waals surface area contributed by atoms with Crippen molar-refractivity contribution in [3.63, 3.8) is 0 Å². The van der Waals surface area contributed by atoms with Gasteiger partial charge >= 0.3 is 0 Å². The number of likely N-dealkylation sites (tertiary alicyclic amines) is 1. The van der Waals surface area contributed by atoms with Crippen molar-refractivity contribution in [2.24, 2.45) is 17.6 Å². The zero-order chi connectivity index (χ0) is 10.7. The molecule has 2 fully saturated rings. The molecule has 86 valence electrons. The van der Waals surface area contributed by atoms with E-state index in [1.54, 1.807) is 0 Å². The molecule has 1 heterocycles. The van der Waals surface area contributed by atoms with Crippen LogP contribution in [0.4, 0.5) is 0 Å². The van der Waals surface area contributed by atoms with Crippen LogP contribution in [0.15, 0.2) is 0 Å². The maximum atomic E-state index is 11.9. The van der Waals surface area contributed by atoms with Gasteiger partial charge in [-0.2, -0.15) is 0 Å². The third-order valence-electron chi connectivity index (χ3n) is 3.90. The average Bonchev–Trinajstić information content (AvgIpc) is 2.60. The van der Waals surface area contributed by atoms with Crippen molar-refractivity contribution >= 4 is 5.91 Å². The minimum absolute atomic E-state index is 0.388. The fourth-order valence-corrected chi connectivity index (χ4v) is 2.60. The van der Waals surface area contributed by atoms with Gasteiger partial charge < -0.3 is 10.6 Å². The van der Waals surface area contributed by atoms with Crippen LogP contribution in [0, 0.1) is 11.8 Å². The summed E-state index contributed by atoms with van der Waals surface area (Å²) in [7, 11) is 0. The summed E-state index contributed by atoms with van der Waals surface area (Å²) in [6.07, 6.45) is 6.90. The third kappa shape index (κ3) is 2.71. The standard InChI is InChI=1S/C12H22N2O/c13-6-4-11-5-7-14(9-11)12(15)8-10-2-1-3-10/h10-11H,1-9,13H2. The van der Waals surface area contributed by atoms with E-state index in [-0.39, 0.29) is 0 Å². The van der Waals surface area contributed by atoms with E-state index in [4.69, 9.17) is 5.73 Å². The number of hydrogen-bond acceptors (Lipinski definition) is 2. The number of nitrogens with zero attached hydrogens (tertiary/aromatic N) is 1. The molecule has 3 heteroatoms. The Morgan fingerprint density at radius 3 is 2.67 bits per heavy atom. The van der Waals surface area contributed by atoms with Gasteiger partial charge in [0.1, 0.15) is 0 Å². The molecule has 1 aliphatic heterocycles. The number of carbonyl (C=O) groups excluding carboxylic acids is 1. The SMILES string of the molecule is NCCC1CCN(C(=O)CC2CCC2)C1. The van der Waals surface area contributed by atoms with Crippen molar-refractivity contribution in [2.45, 2.75) is 38.5 Å². The van der Waals surface area contributed by atoms with Gasteiger partial charge in [0.25, 0.3) is 0 Å². The van der Waals surface area contributed by atoms with Gasteiger partial charge in [-0.15, -0.1) is 0 Å². The summed E-state index contributed by atoms with van der Waals surface area (Å²) in [5, 5.41) is 0. The maximum absolute atomic E-state index is 11.9. The summed E-state index contributed by atoms with van der Waals surface area (Å²) in [6, 6.07) is 0. The van der Waals surface area contributed by atoms with Crippen molar-refractivity contribution in [3.05, 3.63) is 0 Å². The Morgan fingerprint density at radius 1 is 1.27 bits per heavy atom. The minimum atomic E-state index is 0.388. The number of carbonyl (C=O) groups is 1. The van der Waals surface area contributed by atoms with E-state index in [0.717, 1.165) is 38.9 Å². The first-order valence-corrected chi connectivity index (χ1v) is 6.27. The highest BCUT2D eigenvalue weighted by Gasteiger charge is 2.28. The second kappa shape index (κ2) is 4.97. The normalized spacial score (nSPS) is 26.7. The molecule has 15 heavy (non-hydrogen) atoms. The molecule has 0 aromatic rings. The lowest BCUT2D eigenvalue weighted by Crippen LogP contribution is -2.31. The molecule has 0 radical (unpaired) electrons. The van der Waals surface area contributed by atoms with Crippen LogP contribution in [0.25, 0.3) is 0 Å². The summed E-state index contributed by atoms with van der Waals surface area (Å²) >= 11 is 0. The van der Waals surface area contributed by atoms with Gasteiger partial charge in [0.05, 0.1) is 0 Å². The summed E-state index contributed by atoms with van der Waals surface area (Å²) < 4.78 is 0. The van der Waals surface area contributed by atoms with E-state index in [2.05, 4.69) is 4.90 Å². The predicted octanol–water partition coefficient (Wildman–Crippen LogP) is 1.37. The first kappa shape index (κ1) is 10.9. The van der Waals surface area contributed by atoms with Crippen LogP contribution < -0.4 is 5.73 Å². The highest BCUT2D eigenvalue weighted by molar-refractivity contribution is 5.76. The molecule has 2 rings (SSSR count). The molecule has 3 nitrogen and oxygen atoms in total. The maximum Gasteiger partial charge on any atom is 0.222 e. The van der Waals surface area contributed by atoms with E-state index >= 15 is 0 Å². The van der Waals surface area contributed by atoms with Crippen LogP contribution in [-0.4, -0.2) is 30.4 Å². The minimum Gasteiger partial charge on any atom is -0.342 e. The average molecular weight is 210 g/mol. The van der Waals surface area contributed by atoms with Crippen LogP contribution in [0.1, 0.15) is 38.5 Å². The van der Waals surface area contributed by atoms with Gasteiger partial charge in [-0.05, 0) is 44.1 Å². The largest absolute Gasteiger partial charge is 0.342 e. The molecule has 2 aliphatic rings. The van der Waals surface area contributed by atoms with Crippen molar-refractivity contribution in [1.29, 1.82) is 0 Å². The van der Waals surface area contributed by atoms with E-state index in [1.807, 2.05) is 0 Å². The molecular formula is C12H22N2O. The summed E-state index contributed by atoms with van der Waals surface area (Å²) in [5.74, 6) is 1.76. The first-order valence-electron chi connectivity index (χ1n) is 6.27. The van der Waals surface area contributed by atoms with E-state index in [9.17, 15) is 4.79 Å². The Labute approximate surface area is 92.0 Å². The van der Waals surface area contributed by atoms with Crippen LogP contribution in [0.5, 0.6) is 0 Å². The molecule has 1 aliphatic carbocycles. The molecule has 0 aromatic heterocycles. The van der Waals surface area contributed by atoms with Gasteiger partial charge in [-0.25, -0.2) is 0 Å². The Balaban J connectivity index is 1.71. The Morgan fingerprint density at radius 2 is 2.07 bits per heavy atom. The van der Waals surface area contributed by atoms with E-state index < -0.39 is 0 Å². The quantitative estimate of drug-likeness (QED) is 0.762. The molecule has 2 N–H and O–H groups in total. The smallest absolute Gasteiger partial charge is 0.222 e. The molecule has 0 spiro atoms. The van der Waals surface area contributed by atoms with Gasteiger partial charge in [-0.3, -0.25) is 4.79 Å². The highest BCUT2D eigenvalue weighted by Crippen LogP contribution is 2.30. The second-order valence-electron chi connectivity index (χ2n) is 5.07. The third-order valence-corrected chi connectivity index (χ3v) is 3.90. The van der Waals surface area contributed by atoms with Crippen molar-refractivity contribution in [3.8, 4) is 0 Å². The lowest BCUT2D eigenvalue weighted by molar-refractivity contribution is -0.131. The Bertz CT molecular complexity index is 226. The van der Waals surface area contributed by atoms with Gasteiger partial charge in [0, 0.05) is 19.5 Å². The number of rotatable bonds is 4. The van der Waals surface area contributed by atoms with Gasteiger partial charge in [0.2, 0.25) is 5.91 Å². The molecular weight excluding hydrogens is 188 g/mol. The van der Waals surface area contributed by atoms with Crippen molar-refractivity contribution < 1.29 is 4.79 Å². The fourth-order valence-electron chi connectivity index (χ4n) is 2.60. The zero-order valence-corrected chi connectivity index (χ0v) is 9.45. The fraction of sp³-hybridized carbons (Fsp3) is 0.917. The summed E-state index contributed by atoms with van der Waals surface area (Å²) in [4.78, 5) is 13.9. The lowest BCUT2D eigenvalue weighted by Gasteiger charge is -2.27. The Kier molecular flexibility index (Phi) is 3.62. The van der Waals surface area contributed by atoms with E-state index in [0.29, 0.717) is 17.7 Å². The topological polar surface area (TPSA) is 46.3 Å². The predicted molar refractivity (Wildman–Crippen MR) is 60.3 cm³/mol. The second-order valence-corrected chi connectivity index (χ2v) is 5.07. The molecule has 1 amide bonds. The number of nitrogens with two attached hydrogens (primary N) is 1. The van der Waals surface area contributed by atoms with E-state index in [1.165, 1.54) is 19.3 Å².